The normalized spacial score (nSPS) is 32.4. The Morgan fingerprint density at radius 1 is 0.853 bits per heavy atom. The zero-order valence-electron chi connectivity index (χ0n) is 20.9. The Hall–Kier alpha value is -2.00. The second-order valence-corrected chi connectivity index (χ2v) is 12.5. The van der Waals surface area contributed by atoms with Crippen molar-refractivity contribution in [2.75, 3.05) is 31.1 Å². The molecule has 0 N–H and O–H groups in total. The Morgan fingerprint density at radius 3 is 2.21 bits per heavy atom. The number of halogens is 1. The van der Waals surface area contributed by atoms with E-state index in [0.29, 0.717) is 17.7 Å². The fourth-order valence-electron chi connectivity index (χ4n) is 8.33. The number of hydrogen-bond acceptors (Lipinski definition) is 2. The van der Waals surface area contributed by atoms with Crippen LogP contribution < -0.4 is 4.90 Å². The monoisotopic (exact) mass is 476 g/mol. The molecule has 180 valence electrons. The molecule has 1 amide bonds. The van der Waals surface area contributed by atoms with E-state index < -0.39 is 0 Å². The molecule has 4 aliphatic carbocycles. The highest BCUT2D eigenvalue weighted by molar-refractivity contribution is 6.30. The second kappa shape index (κ2) is 8.01. The minimum Gasteiger partial charge on any atom is -0.368 e. The minimum atomic E-state index is -0.142. The fraction of sp³-hybridized carbons (Fsp3) is 0.567. The van der Waals surface area contributed by atoms with Gasteiger partial charge in [0.05, 0.1) is 5.41 Å². The Bertz CT molecular complexity index is 1120. The lowest BCUT2D eigenvalue weighted by Gasteiger charge is -2.62. The van der Waals surface area contributed by atoms with Crippen molar-refractivity contribution in [2.45, 2.75) is 64.7 Å². The van der Waals surface area contributed by atoms with Crippen LogP contribution in [0.3, 0.4) is 0 Å². The first-order valence-electron chi connectivity index (χ1n) is 13.2. The summed E-state index contributed by atoms with van der Waals surface area (Å²) in [4.78, 5) is 18.8. The zero-order valence-corrected chi connectivity index (χ0v) is 21.6. The molecule has 1 saturated heterocycles. The highest BCUT2D eigenvalue weighted by atomic mass is 35.5. The van der Waals surface area contributed by atoms with Crippen molar-refractivity contribution in [2.24, 2.45) is 17.3 Å². The number of amides is 1. The molecule has 0 spiro atoms. The molecule has 4 heteroatoms. The van der Waals surface area contributed by atoms with E-state index >= 15 is 0 Å². The van der Waals surface area contributed by atoms with Gasteiger partial charge in [-0.25, -0.2) is 0 Å². The maximum Gasteiger partial charge on any atom is 0.228 e. The number of carbonyl (C=O) groups is 1. The lowest BCUT2D eigenvalue weighted by molar-refractivity contribution is -0.160. The van der Waals surface area contributed by atoms with Crippen LogP contribution in [0.2, 0.25) is 5.02 Å². The molecule has 34 heavy (non-hydrogen) atoms. The third kappa shape index (κ3) is 3.58. The van der Waals surface area contributed by atoms with Crippen LogP contribution in [0.1, 0.15) is 60.8 Å². The molecule has 0 aromatic heterocycles. The molecule has 7 rings (SSSR count). The van der Waals surface area contributed by atoms with Crippen LogP contribution in [0.4, 0.5) is 5.69 Å². The van der Waals surface area contributed by atoms with Gasteiger partial charge in [0, 0.05) is 36.9 Å². The summed E-state index contributed by atoms with van der Waals surface area (Å²) in [7, 11) is 0. The van der Waals surface area contributed by atoms with Gasteiger partial charge in [0.15, 0.2) is 0 Å². The van der Waals surface area contributed by atoms with Gasteiger partial charge in [-0.05, 0) is 111 Å². The molecule has 2 aromatic rings. The summed E-state index contributed by atoms with van der Waals surface area (Å²) in [6.45, 7) is 9.99. The van der Waals surface area contributed by atoms with E-state index in [2.05, 4.69) is 60.9 Å². The zero-order chi connectivity index (χ0) is 23.7. The first kappa shape index (κ1) is 22.5. The van der Waals surface area contributed by atoms with E-state index in [9.17, 15) is 4.79 Å². The Labute approximate surface area is 209 Å². The summed E-state index contributed by atoms with van der Waals surface area (Å²) in [5, 5.41) is 0.782. The summed E-state index contributed by atoms with van der Waals surface area (Å²) in [5.74, 6) is 1.88. The van der Waals surface area contributed by atoms with E-state index in [-0.39, 0.29) is 10.8 Å². The van der Waals surface area contributed by atoms with Gasteiger partial charge in [-0.3, -0.25) is 4.79 Å². The predicted molar refractivity (Wildman–Crippen MR) is 140 cm³/mol. The van der Waals surface area contributed by atoms with E-state index in [0.717, 1.165) is 50.5 Å². The van der Waals surface area contributed by atoms with Gasteiger partial charge in [-0.2, -0.15) is 0 Å². The quantitative estimate of drug-likeness (QED) is 0.508. The lowest BCUT2D eigenvalue weighted by atomic mass is 9.42. The first-order valence-corrected chi connectivity index (χ1v) is 13.5. The van der Waals surface area contributed by atoms with Crippen LogP contribution in [-0.4, -0.2) is 37.0 Å². The number of nitrogens with zero attached hydrogens (tertiary/aromatic N) is 2. The van der Waals surface area contributed by atoms with Crippen molar-refractivity contribution in [1.29, 1.82) is 0 Å². The third-order valence-corrected chi connectivity index (χ3v) is 9.95. The van der Waals surface area contributed by atoms with Gasteiger partial charge in [0.1, 0.15) is 0 Å². The summed E-state index contributed by atoms with van der Waals surface area (Å²) in [6.07, 6.45) is 7.18. The van der Waals surface area contributed by atoms with Crippen LogP contribution in [0.5, 0.6) is 0 Å². The first-order chi connectivity index (χ1) is 16.3. The molecule has 0 radical (unpaired) electrons. The molecule has 2 aromatic carbocycles. The summed E-state index contributed by atoms with van der Waals surface area (Å²) in [6, 6.07) is 13.2. The molecule has 4 bridgehead atoms. The standard InChI is InChI=1S/C30H37ClN2O/c1-20-4-6-25(12-22(20)3)29-15-23-13-24(16-29)18-30(17-23,19-29)28(34)33-10-8-32(9-11-33)27-14-26(31)7-5-21(27)2/h4-7,12,14,23-24H,8-11,13,15-19H2,1-3H3/t23-,24+,29?,30?. The van der Waals surface area contributed by atoms with E-state index in [1.165, 1.54) is 47.2 Å². The van der Waals surface area contributed by atoms with Crippen molar-refractivity contribution >= 4 is 23.2 Å². The predicted octanol–water partition coefficient (Wildman–Crippen LogP) is 6.45. The Balaban J connectivity index is 1.23. The van der Waals surface area contributed by atoms with Gasteiger partial charge < -0.3 is 9.80 Å². The second-order valence-electron chi connectivity index (χ2n) is 12.0. The van der Waals surface area contributed by atoms with Crippen LogP contribution in [0, 0.1) is 38.0 Å². The number of carbonyl (C=O) groups excluding carboxylic acids is 1. The molecule has 3 nitrogen and oxygen atoms in total. The number of anilines is 1. The van der Waals surface area contributed by atoms with Crippen molar-refractivity contribution in [3.8, 4) is 0 Å². The molecule has 4 saturated carbocycles. The molecule has 2 unspecified atom stereocenters. The van der Waals surface area contributed by atoms with Crippen molar-refractivity contribution in [1.82, 2.24) is 4.90 Å². The molecule has 1 aliphatic heterocycles. The third-order valence-electron chi connectivity index (χ3n) is 9.71. The van der Waals surface area contributed by atoms with Gasteiger partial charge in [0.2, 0.25) is 5.91 Å². The van der Waals surface area contributed by atoms with Gasteiger partial charge >= 0.3 is 0 Å². The van der Waals surface area contributed by atoms with Gasteiger partial charge in [-0.15, -0.1) is 0 Å². The molecular weight excluding hydrogens is 440 g/mol. The summed E-state index contributed by atoms with van der Waals surface area (Å²) < 4.78 is 0. The topological polar surface area (TPSA) is 23.6 Å². The van der Waals surface area contributed by atoms with Crippen LogP contribution in [0.25, 0.3) is 0 Å². The van der Waals surface area contributed by atoms with Crippen LogP contribution in [0.15, 0.2) is 36.4 Å². The molecule has 5 fully saturated rings. The average molecular weight is 477 g/mol. The van der Waals surface area contributed by atoms with E-state index in [4.69, 9.17) is 11.6 Å². The van der Waals surface area contributed by atoms with Gasteiger partial charge in [0.25, 0.3) is 0 Å². The Morgan fingerprint density at radius 2 is 1.53 bits per heavy atom. The van der Waals surface area contributed by atoms with Crippen LogP contribution >= 0.6 is 11.6 Å². The number of aryl methyl sites for hydroxylation is 3. The fourth-order valence-corrected chi connectivity index (χ4v) is 8.50. The molecular formula is C30H37ClN2O. The minimum absolute atomic E-state index is 0.142. The maximum atomic E-state index is 14.2. The molecule has 4 atom stereocenters. The SMILES string of the molecule is Cc1ccc(C23C[C@@H]4C[C@@H](CC(C(=O)N5CCN(c6cc(Cl)ccc6C)CC5)(C4)C2)C3)cc1C. The van der Waals surface area contributed by atoms with Crippen molar-refractivity contribution in [3.05, 3.63) is 63.7 Å². The number of piperazine rings is 1. The number of rotatable bonds is 3. The summed E-state index contributed by atoms with van der Waals surface area (Å²) in [5.41, 5.74) is 6.79. The maximum absolute atomic E-state index is 14.2. The van der Waals surface area contributed by atoms with E-state index in [1.807, 2.05) is 6.07 Å². The van der Waals surface area contributed by atoms with Crippen molar-refractivity contribution < 1.29 is 4.79 Å². The van der Waals surface area contributed by atoms with Crippen molar-refractivity contribution in [3.63, 3.8) is 0 Å². The summed E-state index contributed by atoms with van der Waals surface area (Å²) >= 11 is 6.28. The number of hydrogen-bond donors (Lipinski definition) is 0. The Kier molecular flexibility index (Phi) is 5.30. The highest BCUT2D eigenvalue weighted by Crippen LogP contribution is 2.66. The average Bonchev–Trinajstić information content (AvgIpc) is 2.81. The highest BCUT2D eigenvalue weighted by Gasteiger charge is 2.61. The largest absolute Gasteiger partial charge is 0.368 e. The molecule has 1 heterocycles. The van der Waals surface area contributed by atoms with E-state index in [1.54, 1.807) is 0 Å². The van der Waals surface area contributed by atoms with Crippen LogP contribution in [-0.2, 0) is 10.2 Å². The smallest absolute Gasteiger partial charge is 0.228 e. The number of benzene rings is 2. The van der Waals surface area contributed by atoms with Gasteiger partial charge in [-0.1, -0.05) is 35.9 Å². The molecule has 5 aliphatic rings. The lowest BCUT2D eigenvalue weighted by Crippen LogP contribution is -2.61.